The third-order valence-electron chi connectivity index (χ3n) is 4.21. The molecule has 0 aliphatic heterocycles. The molecule has 20 heavy (non-hydrogen) atoms. The molecule has 0 spiro atoms. The molecule has 1 amide bonds. The first-order chi connectivity index (χ1) is 9.54. The number of rotatable bonds is 4. The molecular formula is C16H24N2O2. The number of ether oxygens (including phenoxy) is 1. The average Bonchev–Trinajstić information content (AvgIpc) is 2.42. The molecule has 1 aromatic carbocycles. The molecule has 1 aliphatic carbocycles. The Morgan fingerprint density at radius 2 is 1.95 bits per heavy atom. The van der Waals surface area contributed by atoms with Gasteiger partial charge in [0, 0.05) is 11.7 Å². The summed E-state index contributed by atoms with van der Waals surface area (Å²) in [5.74, 6) is 2.05. The summed E-state index contributed by atoms with van der Waals surface area (Å²) in [5.41, 5.74) is 6.28. The molecule has 0 heterocycles. The smallest absolute Gasteiger partial charge is 0.258 e. The number of benzene rings is 1. The van der Waals surface area contributed by atoms with E-state index >= 15 is 0 Å². The van der Waals surface area contributed by atoms with E-state index in [0.717, 1.165) is 18.8 Å². The van der Waals surface area contributed by atoms with Gasteiger partial charge < -0.3 is 15.8 Å². The van der Waals surface area contributed by atoms with Gasteiger partial charge in [-0.05, 0) is 55.4 Å². The first-order valence-corrected chi connectivity index (χ1v) is 7.32. The van der Waals surface area contributed by atoms with E-state index in [1.807, 2.05) is 0 Å². The molecular weight excluding hydrogens is 252 g/mol. The fourth-order valence-electron chi connectivity index (χ4n) is 2.66. The highest BCUT2D eigenvalue weighted by atomic mass is 16.5. The predicted octanol–water partition coefficient (Wildman–Crippen LogP) is 2.59. The van der Waals surface area contributed by atoms with Gasteiger partial charge in [0.2, 0.25) is 0 Å². The van der Waals surface area contributed by atoms with Crippen molar-refractivity contribution in [3.8, 4) is 5.75 Å². The van der Waals surface area contributed by atoms with Crippen molar-refractivity contribution in [1.82, 2.24) is 5.32 Å². The van der Waals surface area contributed by atoms with E-state index in [1.54, 1.807) is 24.3 Å². The molecule has 0 bridgehead atoms. The lowest BCUT2D eigenvalue weighted by Crippen LogP contribution is -2.41. The zero-order valence-electron chi connectivity index (χ0n) is 12.3. The molecule has 1 saturated carbocycles. The van der Waals surface area contributed by atoms with Crippen molar-refractivity contribution in [2.75, 3.05) is 12.3 Å². The molecule has 110 valence electrons. The maximum absolute atomic E-state index is 11.9. The summed E-state index contributed by atoms with van der Waals surface area (Å²) in [6, 6.07) is 7.36. The Kier molecular flexibility index (Phi) is 4.88. The number of nitrogens with two attached hydrogens (primary N) is 1. The normalized spacial score (nSPS) is 26.0. The minimum absolute atomic E-state index is 0.0476. The number of carbonyl (C=O) groups is 1. The van der Waals surface area contributed by atoms with Gasteiger partial charge in [-0.25, -0.2) is 0 Å². The zero-order valence-corrected chi connectivity index (χ0v) is 12.3. The summed E-state index contributed by atoms with van der Waals surface area (Å²) in [5, 5.41) is 3.06. The van der Waals surface area contributed by atoms with E-state index in [-0.39, 0.29) is 12.5 Å². The van der Waals surface area contributed by atoms with E-state index in [1.165, 1.54) is 6.42 Å². The van der Waals surface area contributed by atoms with Crippen molar-refractivity contribution in [1.29, 1.82) is 0 Å². The van der Waals surface area contributed by atoms with E-state index in [9.17, 15) is 4.79 Å². The summed E-state index contributed by atoms with van der Waals surface area (Å²) < 4.78 is 5.44. The van der Waals surface area contributed by atoms with Crippen molar-refractivity contribution in [2.45, 2.75) is 39.2 Å². The molecule has 4 heteroatoms. The highest BCUT2D eigenvalue weighted by molar-refractivity contribution is 5.77. The molecule has 4 nitrogen and oxygen atoms in total. The summed E-state index contributed by atoms with van der Waals surface area (Å²) in [6.07, 6.45) is 3.32. The van der Waals surface area contributed by atoms with E-state index in [0.29, 0.717) is 23.4 Å². The van der Waals surface area contributed by atoms with Crippen molar-refractivity contribution in [3.63, 3.8) is 0 Å². The lowest BCUT2D eigenvalue weighted by atomic mass is 9.79. The Morgan fingerprint density at radius 3 is 2.60 bits per heavy atom. The highest BCUT2D eigenvalue weighted by Gasteiger charge is 2.25. The fraction of sp³-hybridized carbons (Fsp3) is 0.562. The standard InChI is InChI=1S/C16H24N2O2/c1-11-3-6-14(9-12(11)2)18-16(19)10-20-15-7-4-13(17)5-8-15/h4-5,7-8,11-12,14H,3,6,9-10,17H2,1-2H3,(H,18,19). The first kappa shape index (κ1) is 14.7. The van der Waals surface area contributed by atoms with E-state index in [2.05, 4.69) is 19.2 Å². The Labute approximate surface area is 120 Å². The van der Waals surface area contributed by atoms with E-state index in [4.69, 9.17) is 10.5 Å². The van der Waals surface area contributed by atoms with Gasteiger partial charge in [0.15, 0.2) is 6.61 Å². The van der Waals surface area contributed by atoms with Crippen LogP contribution in [0.15, 0.2) is 24.3 Å². The first-order valence-electron chi connectivity index (χ1n) is 7.32. The third-order valence-corrected chi connectivity index (χ3v) is 4.21. The second kappa shape index (κ2) is 6.64. The highest BCUT2D eigenvalue weighted by Crippen LogP contribution is 2.29. The van der Waals surface area contributed by atoms with Crippen LogP contribution in [0.1, 0.15) is 33.1 Å². The van der Waals surface area contributed by atoms with Crippen LogP contribution >= 0.6 is 0 Å². The average molecular weight is 276 g/mol. The van der Waals surface area contributed by atoms with Gasteiger partial charge >= 0.3 is 0 Å². The number of hydrogen-bond acceptors (Lipinski definition) is 3. The van der Waals surface area contributed by atoms with Crippen LogP contribution in [-0.4, -0.2) is 18.6 Å². The zero-order chi connectivity index (χ0) is 14.5. The second-order valence-corrected chi connectivity index (χ2v) is 5.89. The Hall–Kier alpha value is -1.71. The van der Waals surface area contributed by atoms with E-state index < -0.39 is 0 Å². The van der Waals surface area contributed by atoms with Gasteiger partial charge in [-0.2, -0.15) is 0 Å². The summed E-state index contributed by atoms with van der Waals surface area (Å²) in [7, 11) is 0. The van der Waals surface area contributed by atoms with Crippen molar-refractivity contribution < 1.29 is 9.53 Å². The molecule has 3 atom stereocenters. The van der Waals surface area contributed by atoms with Gasteiger partial charge in [-0.1, -0.05) is 13.8 Å². The summed E-state index contributed by atoms with van der Waals surface area (Å²) >= 11 is 0. The molecule has 1 fully saturated rings. The largest absolute Gasteiger partial charge is 0.484 e. The molecule has 0 radical (unpaired) electrons. The topological polar surface area (TPSA) is 64.3 Å². The lowest BCUT2D eigenvalue weighted by Gasteiger charge is -2.32. The van der Waals surface area contributed by atoms with Crippen LogP contribution < -0.4 is 15.8 Å². The Bertz CT molecular complexity index is 444. The van der Waals surface area contributed by atoms with Crippen molar-refractivity contribution in [2.24, 2.45) is 11.8 Å². The van der Waals surface area contributed by atoms with Crippen LogP contribution in [0.3, 0.4) is 0 Å². The summed E-state index contributed by atoms with van der Waals surface area (Å²) in [4.78, 5) is 11.9. The number of anilines is 1. The molecule has 1 aromatic rings. The van der Waals surface area contributed by atoms with Crippen LogP contribution in [0.5, 0.6) is 5.75 Å². The number of amides is 1. The monoisotopic (exact) mass is 276 g/mol. The molecule has 0 aromatic heterocycles. The molecule has 3 N–H and O–H groups in total. The maximum atomic E-state index is 11.9. The quantitative estimate of drug-likeness (QED) is 0.831. The molecule has 1 aliphatic rings. The minimum Gasteiger partial charge on any atom is -0.484 e. The second-order valence-electron chi connectivity index (χ2n) is 5.89. The van der Waals surface area contributed by atoms with Crippen LogP contribution in [0.2, 0.25) is 0 Å². The number of carbonyl (C=O) groups excluding carboxylic acids is 1. The predicted molar refractivity (Wildman–Crippen MR) is 80.5 cm³/mol. The van der Waals surface area contributed by atoms with Crippen LogP contribution in [-0.2, 0) is 4.79 Å². The van der Waals surface area contributed by atoms with Gasteiger partial charge in [0.25, 0.3) is 5.91 Å². The number of hydrogen-bond donors (Lipinski definition) is 2. The van der Waals surface area contributed by atoms with Gasteiger partial charge in [0.1, 0.15) is 5.75 Å². The van der Waals surface area contributed by atoms with Crippen LogP contribution in [0.4, 0.5) is 5.69 Å². The Morgan fingerprint density at radius 1 is 1.25 bits per heavy atom. The minimum atomic E-state index is -0.0476. The van der Waals surface area contributed by atoms with Crippen LogP contribution in [0.25, 0.3) is 0 Å². The lowest BCUT2D eigenvalue weighted by molar-refractivity contribution is -0.124. The molecule has 3 unspecified atom stereocenters. The van der Waals surface area contributed by atoms with Gasteiger partial charge in [-0.15, -0.1) is 0 Å². The molecule has 2 rings (SSSR count). The Balaban J connectivity index is 1.74. The molecule has 0 saturated heterocycles. The maximum Gasteiger partial charge on any atom is 0.258 e. The number of nitrogen functional groups attached to an aromatic ring is 1. The van der Waals surface area contributed by atoms with Gasteiger partial charge in [-0.3, -0.25) is 4.79 Å². The van der Waals surface area contributed by atoms with Gasteiger partial charge in [0.05, 0.1) is 0 Å². The number of nitrogens with one attached hydrogen (secondary N) is 1. The van der Waals surface area contributed by atoms with Crippen LogP contribution in [0, 0.1) is 11.8 Å². The SMILES string of the molecule is CC1CCC(NC(=O)COc2ccc(N)cc2)CC1C. The third kappa shape index (κ3) is 4.15. The van der Waals surface area contributed by atoms with Crippen molar-refractivity contribution >= 4 is 11.6 Å². The van der Waals surface area contributed by atoms with Crippen molar-refractivity contribution in [3.05, 3.63) is 24.3 Å². The fourth-order valence-corrected chi connectivity index (χ4v) is 2.66. The summed E-state index contributed by atoms with van der Waals surface area (Å²) in [6.45, 7) is 4.60.